The van der Waals surface area contributed by atoms with E-state index < -0.39 is 12.0 Å². The van der Waals surface area contributed by atoms with Gasteiger partial charge in [0.25, 0.3) is 5.82 Å². The highest BCUT2D eigenvalue weighted by atomic mass is 16.5. The fraction of sp³-hybridized carbons (Fsp3) is 0.727. The molecule has 1 atom stereocenters. The van der Waals surface area contributed by atoms with Crippen molar-refractivity contribution in [1.29, 1.82) is 0 Å². The molecule has 1 aromatic rings. The lowest BCUT2D eigenvalue weighted by atomic mass is 10.3. The Balaban J connectivity index is 2.71. The molecule has 0 saturated heterocycles. The number of unbranched alkanes of at least 4 members (excludes halogenated alkanes) is 1. The Hall–Kier alpha value is -1.99. The Morgan fingerprint density at radius 2 is 2.16 bits per heavy atom. The molecule has 1 N–H and O–H groups in total. The van der Waals surface area contributed by atoms with E-state index in [-0.39, 0.29) is 18.3 Å². The van der Waals surface area contributed by atoms with Gasteiger partial charge in [0.15, 0.2) is 0 Å². The van der Waals surface area contributed by atoms with E-state index in [2.05, 4.69) is 20.8 Å². The van der Waals surface area contributed by atoms with E-state index in [1.807, 2.05) is 6.92 Å². The molecule has 19 heavy (non-hydrogen) atoms. The van der Waals surface area contributed by atoms with Crippen LogP contribution in [0.5, 0.6) is 0 Å². The molecule has 8 nitrogen and oxygen atoms in total. The van der Waals surface area contributed by atoms with E-state index in [1.54, 1.807) is 13.8 Å². The quantitative estimate of drug-likeness (QED) is 0.565. The third-order valence-corrected chi connectivity index (χ3v) is 2.53. The van der Waals surface area contributed by atoms with Gasteiger partial charge in [-0.1, -0.05) is 13.3 Å². The number of hydrogen-bond donors (Lipinski definition) is 1. The largest absolute Gasteiger partial charge is 0.460 e. The third kappa shape index (κ3) is 4.01. The highest BCUT2D eigenvalue weighted by Gasteiger charge is 2.24. The molecular formula is C11H19N5O3. The Bertz CT molecular complexity index is 432. The Labute approximate surface area is 111 Å². The van der Waals surface area contributed by atoms with Gasteiger partial charge in [0.2, 0.25) is 5.91 Å². The molecular weight excluding hydrogens is 250 g/mol. The van der Waals surface area contributed by atoms with Crippen LogP contribution in [0.2, 0.25) is 0 Å². The van der Waals surface area contributed by atoms with Crippen LogP contribution in [0.15, 0.2) is 0 Å². The highest BCUT2D eigenvalue weighted by Crippen LogP contribution is 2.07. The lowest BCUT2D eigenvalue weighted by Gasteiger charge is -2.12. The van der Waals surface area contributed by atoms with E-state index in [0.29, 0.717) is 6.54 Å². The van der Waals surface area contributed by atoms with Crippen LogP contribution in [-0.4, -0.2) is 45.2 Å². The van der Waals surface area contributed by atoms with Gasteiger partial charge in [0, 0.05) is 6.54 Å². The monoisotopic (exact) mass is 269 g/mol. The summed E-state index contributed by atoms with van der Waals surface area (Å²) in [6.07, 6.45) is 1.90. The van der Waals surface area contributed by atoms with Gasteiger partial charge in [-0.15, -0.1) is 5.10 Å². The van der Waals surface area contributed by atoms with Crippen LogP contribution >= 0.6 is 0 Å². The van der Waals surface area contributed by atoms with Crippen LogP contribution in [0, 0.1) is 0 Å². The summed E-state index contributed by atoms with van der Waals surface area (Å²) in [5.74, 6) is -0.938. The molecule has 0 aliphatic rings. The minimum Gasteiger partial charge on any atom is -0.460 e. The summed E-state index contributed by atoms with van der Waals surface area (Å²) in [7, 11) is 0. The van der Waals surface area contributed by atoms with Crippen molar-refractivity contribution in [3.63, 3.8) is 0 Å². The molecule has 1 amide bonds. The Kier molecular flexibility index (Phi) is 5.91. The summed E-state index contributed by atoms with van der Waals surface area (Å²) < 4.78 is 5.99. The van der Waals surface area contributed by atoms with E-state index >= 15 is 0 Å². The van der Waals surface area contributed by atoms with Crippen molar-refractivity contribution < 1.29 is 14.3 Å². The fourth-order valence-electron chi connectivity index (χ4n) is 1.43. The van der Waals surface area contributed by atoms with Crippen LogP contribution in [0.4, 0.5) is 0 Å². The summed E-state index contributed by atoms with van der Waals surface area (Å²) in [4.78, 5) is 23.5. The van der Waals surface area contributed by atoms with E-state index in [9.17, 15) is 9.59 Å². The summed E-state index contributed by atoms with van der Waals surface area (Å²) in [6.45, 7) is 6.17. The summed E-state index contributed by atoms with van der Waals surface area (Å²) in [6, 6.07) is -0.661. The normalized spacial score (nSPS) is 11.9. The molecule has 8 heteroatoms. The van der Waals surface area contributed by atoms with Crippen LogP contribution < -0.4 is 5.32 Å². The molecule has 0 aliphatic carbocycles. The number of amides is 1. The molecule has 0 fully saturated rings. The predicted octanol–water partition coefficient (Wildman–Crippen LogP) is 0.327. The number of esters is 1. The van der Waals surface area contributed by atoms with Crippen molar-refractivity contribution in [1.82, 2.24) is 25.5 Å². The van der Waals surface area contributed by atoms with Crippen molar-refractivity contribution in [3.8, 4) is 0 Å². The number of tetrazole rings is 1. The maximum atomic E-state index is 11.9. The average molecular weight is 269 g/mol. The first-order valence-corrected chi connectivity index (χ1v) is 6.34. The second-order valence-corrected chi connectivity index (χ2v) is 3.99. The lowest BCUT2D eigenvalue weighted by molar-refractivity contribution is -0.124. The number of rotatable bonds is 7. The van der Waals surface area contributed by atoms with Crippen LogP contribution in [0.3, 0.4) is 0 Å². The lowest BCUT2D eigenvalue weighted by Crippen LogP contribution is -2.33. The number of carbonyl (C=O) groups excluding carboxylic acids is 2. The minimum absolute atomic E-state index is 0.0695. The molecule has 1 aromatic heterocycles. The minimum atomic E-state index is -0.661. The van der Waals surface area contributed by atoms with Gasteiger partial charge in [0.1, 0.15) is 6.04 Å². The zero-order chi connectivity index (χ0) is 14.3. The predicted molar refractivity (Wildman–Crippen MR) is 66.4 cm³/mol. The van der Waals surface area contributed by atoms with Crippen molar-refractivity contribution >= 4 is 11.9 Å². The summed E-state index contributed by atoms with van der Waals surface area (Å²) in [5, 5.41) is 13.4. The average Bonchev–Trinajstić information content (AvgIpc) is 2.87. The number of hydrogen-bond acceptors (Lipinski definition) is 6. The van der Waals surface area contributed by atoms with Gasteiger partial charge in [-0.3, -0.25) is 4.79 Å². The smallest absolute Gasteiger partial charge is 0.378 e. The van der Waals surface area contributed by atoms with Crippen LogP contribution in [-0.2, 0) is 9.53 Å². The second kappa shape index (κ2) is 7.45. The topological polar surface area (TPSA) is 99.0 Å². The molecule has 0 spiro atoms. The third-order valence-electron chi connectivity index (χ3n) is 2.53. The number of carbonyl (C=O) groups is 2. The van der Waals surface area contributed by atoms with Crippen molar-refractivity contribution in [2.24, 2.45) is 0 Å². The standard InChI is InChI=1S/C11H19N5O3/c1-4-6-7-12-10(17)8(3)16-9(13-14-15-16)11(18)19-5-2/h8H,4-7H2,1-3H3,(H,12,17). The SMILES string of the molecule is CCCCNC(=O)C(C)n1nnnc1C(=O)OCC. The maximum Gasteiger partial charge on any atom is 0.378 e. The van der Waals surface area contributed by atoms with Gasteiger partial charge < -0.3 is 10.1 Å². The Morgan fingerprint density at radius 3 is 2.79 bits per heavy atom. The molecule has 0 aliphatic heterocycles. The van der Waals surface area contributed by atoms with Gasteiger partial charge >= 0.3 is 5.97 Å². The molecule has 0 bridgehead atoms. The number of ether oxygens (including phenoxy) is 1. The molecule has 106 valence electrons. The summed E-state index contributed by atoms with van der Waals surface area (Å²) in [5.41, 5.74) is 0. The van der Waals surface area contributed by atoms with E-state index in [1.165, 1.54) is 4.68 Å². The Morgan fingerprint density at radius 1 is 1.42 bits per heavy atom. The van der Waals surface area contributed by atoms with E-state index in [4.69, 9.17) is 4.74 Å². The van der Waals surface area contributed by atoms with Crippen LogP contribution in [0.1, 0.15) is 50.3 Å². The van der Waals surface area contributed by atoms with Gasteiger partial charge in [-0.2, -0.15) is 0 Å². The number of nitrogens with one attached hydrogen (secondary N) is 1. The summed E-state index contributed by atoms with van der Waals surface area (Å²) >= 11 is 0. The van der Waals surface area contributed by atoms with Gasteiger partial charge in [0.05, 0.1) is 6.61 Å². The first-order valence-electron chi connectivity index (χ1n) is 6.34. The van der Waals surface area contributed by atoms with Crippen molar-refractivity contribution in [3.05, 3.63) is 5.82 Å². The molecule has 1 unspecified atom stereocenters. The second-order valence-electron chi connectivity index (χ2n) is 3.99. The maximum absolute atomic E-state index is 11.9. The van der Waals surface area contributed by atoms with Gasteiger partial charge in [-0.25, -0.2) is 9.48 Å². The molecule has 0 radical (unpaired) electrons. The molecule has 0 saturated carbocycles. The van der Waals surface area contributed by atoms with Crippen molar-refractivity contribution in [2.75, 3.05) is 13.2 Å². The number of aromatic nitrogens is 4. The van der Waals surface area contributed by atoms with E-state index in [0.717, 1.165) is 12.8 Å². The van der Waals surface area contributed by atoms with Gasteiger partial charge in [-0.05, 0) is 30.7 Å². The first-order chi connectivity index (χ1) is 9.11. The highest BCUT2D eigenvalue weighted by molar-refractivity contribution is 5.86. The van der Waals surface area contributed by atoms with Crippen LogP contribution in [0.25, 0.3) is 0 Å². The fourth-order valence-corrected chi connectivity index (χ4v) is 1.43. The molecule has 0 aromatic carbocycles. The molecule has 1 rings (SSSR count). The number of nitrogens with zero attached hydrogens (tertiary/aromatic N) is 4. The first kappa shape index (κ1) is 15.1. The zero-order valence-electron chi connectivity index (χ0n) is 11.4. The molecule has 1 heterocycles. The zero-order valence-corrected chi connectivity index (χ0v) is 11.4. The van der Waals surface area contributed by atoms with Crippen molar-refractivity contribution in [2.45, 2.75) is 39.7 Å².